The van der Waals surface area contributed by atoms with Crippen molar-refractivity contribution in [3.8, 4) is 0 Å². The Bertz CT molecular complexity index is 562. The number of nitrogens with zero attached hydrogens (tertiary/aromatic N) is 3. The standard InChI is InChI=1S/C18H27N3O2/c1-18(2,3)23-17(22)21-13-7-9-15(21)14-8-6-10-19-16(14)20-11-4-5-12-20/h6,8,10,15H,4-5,7,9,11-13H2,1-3H3/t15-/m0/s1. The van der Waals surface area contributed by atoms with E-state index in [9.17, 15) is 4.79 Å². The fraction of sp³-hybridized carbons (Fsp3) is 0.667. The van der Waals surface area contributed by atoms with Crippen molar-refractivity contribution < 1.29 is 9.53 Å². The average molecular weight is 317 g/mol. The van der Waals surface area contributed by atoms with E-state index < -0.39 is 5.60 Å². The first-order chi connectivity index (χ1) is 11.0. The summed E-state index contributed by atoms with van der Waals surface area (Å²) in [4.78, 5) is 21.4. The molecule has 0 spiro atoms. The second kappa shape index (κ2) is 6.38. The Morgan fingerprint density at radius 1 is 1.22 bits per heavy atom. The van der Waals surface area contributed by atoms with E-state index in [2.05, 4.69) is 16.0 Å². The van der Waals surface area contributed by atoms with E-state index in [1.54, 1.807) is 0 Å². The van der Waals surface area contributed by atoms with E-state index >= 15 is 0 Å². The summed E-state index contributed by atoms with van der Waals surface area (Å²) in [5.41, 5.74) is 0.703. The average Bonchev–Trinajstić information content (AvgIpc) is 3.17. The van der Waals surface area contributed by atoms with Crippen LogP contribution in [0.5, 0.6) is 0 Å². The second-order valence-corrected chi connectivity index (χ2v) is 7.44. The smallest absolute Gasteiger partial charge is 0.410 e. The van der Waals surface area contributed by atoms with Gasteiger partial charge in [-0.25, -0.2) is 9.78 Å². The third-order valence-electron chi connectivity index (χ3n) is 4.46. The molecule has 1 atom stereocenters. The molecule has 0 radical (unpaired) electrons. The van der Waals surface area contributed by atoms with E-state index in [4.69, 9.17) is 4.74 Å². The number of anilines is 1. The molecule has 1 amide bonds. The maximum atomic E-state index is 12.5. The van der Waals surface area contributed by atoms with Gasteiger partial charge in [0.1, 0.15) is 11.4 Å². The van der Waals surface area contributed by atoms with E-state index in [1.165, 1.54) is 12.8 Å². The first-order valence-electron chi connectivity index (χ1n) is 8.65. The van der Waals surface area contributed by atoms with Crippen molar-refractivity contribution in [3.05, 3.63) is 23.9 Å². The zero-order chi connectivity index (χ0) is 16.4. The van der Waals surface area contributed by atoms with Crippen LogP contribution in [0.3, 0.4) is 0 Å². The zero-order valence-electron chi connectivity index (χ0n) is 14.4. The molecule has 2 saturated heterocycles. The van der Waals surface area contributed by atoms with Crippen LogP contribution in [0.2, 0.25) is 0 Å². The minimum absolute atomic E-state index is 0.0779. The summed E-state index contributed by atoms with van der Waals surface area (Å²) in [5, 5.41) is 0. The Kier molecular flexibility index (Phi) is 4.46. The molecule has 1 aromatic rings. The minimum atomic E-state index is -0.461. The number of rotatable bonds is 2. The third kappa shape index (κ3) is 3.59. The lowest BCUT2D eigenvalue weighted by Crippen LogP contribution is -2.37. The Balaban J connectivity index is 1.84. The molecule has 5 nitrogen and oxygen atoms in total. The highest BCUT2D eigenvalue weighted by molar-refractivity contribution is 5.70. The van der Waals surface area contributed by atoms with Gasteiger partial charge in [-0.15, -0.1) is 0 Å². The highest BCUT2D eigenvalue weighted by Gasteiger charge is 2.35. The molecule has 23 heavy (non-hydrogen) atoms. The van der Waals surface area contributed by atoms with Crippen molar-refractivity contribution in [2.24, 2.45) is 0 Å². The predicted molar refractivity (Wildman–Crippen MR) is 90.6 cm³/mol. The molecule has 126 valence electrons. The highest BCUT2D eigenvalue weighted by Crippen LogP contribution is 2.37. The Morgan fingerprint density at radius 3 is 2.65 bits per heavy atom. The van der Waals surface area contributed by atoms with E-state index in [0.717, 1.165) is 43.9 Å². The van der Waals surface area contributed by atoms with Crippen molar-refractivity contribution in [1.29, 1.82) is 0 Å². The first-order valence-corrected chi connectivity index (χ1v) is 8.65. The van der Waals surface area contributed by atoms with Gasteiger partial charge in [-0.3, -0.25) is 0 Å². The molecule has 2 aliphatic rings. The van der Waals surface area contributed by atoms with Gasteiger partial charge < -0.3 is 14.5 Å². The molecule has 0 aliphatic carbocycles. The highest BCUT2D eigenvalue weighted by atomic mass is 16.6. The lowest BCUT2D eigenvalue weighted by molar-refractivity contribution is 0.0224. The third-order valence-corrected chi connectivity index (χ3v) is 4.46. The van der Waals surface area contributed by atoms with E-state index in [-0.39, 0.29) is 12.1 Å². The van der Waals surface area contributed by atoms with Crippen LogP contribution in [0, 0.1) is 0 Å². The maximum Gasteiger partial charge on any atom is 0.410 e. The van der Waals surface area contributed by atoms with Crippen molar-refractivity contribution in [1.82, 2.24) is 9.88 Å². The van der Waals surface area contributed by atoms with Gasteiger partial charge >= 0.3 is 6.09 Å². The monoisotopic (exact) mass is 317 g/mol. The summed E-state index contributed by atoms with van der Waals surface area (Å²) in [5.74, 6) is 1.05. The van der Waals surface area contributed by atoms with Crippen LogP contribution < -0.4 is 4.90 Å². The molecule has 2 fully saturated rings. The molecule has 5 heteroatoms. The molecular weight excluding hydrogens is 290 g/mol. The van der Waals surface area contributed by atoms with Crippen molar-refractivity contribution in [3.63, 3.8) is 0 Å². The Hall–Kier alpha value is -1.78. The number of amides is 1. The van der Waals surface area contributed by atoms with Crippen LogP contribution in [0.4, 0.5) is 10.6 Å². The SMILES string of the molecule is CC(C)(C)OC(=O)N1CCC[C@H]1c1cccnc1N1CCCC1. The number of carbonyl (C=O) groups excluding carboxylic acids is 1. The van der Waals surface area contributed by atoms with Crippen molar-refractivity contribution in [2.45, 2.75) is 58.1 Å². The molecular formula is C18H27N3O2. The first kappa shape index (κ1) is 16.1. The van der Waals surface area contributed by atoms with Crippen LogP contribution in [0.1, 0.15) is 58.1 Å². The zero-order valence-corrected chi connectivity index (χ0v) is 14.4. The molecule has 3 heterocycles. The lowest BCUT2D eigenvalue weighted by atomic mass is 10.1. The van der Waals surface area contributed by atoms with Gasteiger partial charge in [0.2, 0.25) is 0 Å². The topological polar surface area (TPSA) is 45.7 Å². The van der Waals surface area contributed by atoms with Gasteiger partial charge in [0.25, 0.3) is 0 Å². The van der Waals surface area contributed by atoms with Gasteiger partial charge in [0.15, 0.2) is 0 Å². The molecule has 0 N–H and O–H groups in total. The minimum Gasteiger partial charge on any atom is -0.444 e. The molecule has 3 rings (SSSR count). The van der Waals surface area contributed by atoms with Crippen molar-refractivity contribution >= 4 is 11.9 Å². The summed E-state index contributed by atoms with van der Waals surface area (Å²) in [6.07, 6.45) is 6.07. The molecule has 0 saturated carbocycles. The summed E-state index contributed by atoms with van der Waals surface area (Å²) in [6.45, 7) is 8.61. The van der Waals surface area contributed by atoms with Crippen LogP contribution in [-0.2, 0) is 4.74 Å². The number of ether oxygens (including phenoxy) is 1. The summed E-state index contributed by atoms with van der Waals surface area (Å²) in [6, 6.07) is 4.17. The molecule has 0 bridgehead atoms. The van der Waals surface area contributed by atoms with Crippen LogP contribution in [0.25, 0.3) is 0 Å². The number of hydrogen-bond donors (Lipinski definition) is 0. The van der Waals surface area contributed by atoms with Crippen molar-refractivity contribution in [2.75, 3.05) is 24.5 Å². The molecule has 0 unspecified atom stereocenters. The predicted octanol–water partition coefficient (Wildman–Crippen LogP) is 3.75. The van der Waals surface area contributed by atoms with Gasteiger partial charge in [-0.2, -0.15) is 0 Å². The number of hydrogen-bond acceptors (Lipinski definition) is 4. The fourth-order valence-electron chi connectivity index (χ4n) is 3.49. The van der Waals surface area contributed by atoms with Crippen LogP contribution in [-0.4, -0.2) is 41.2 Å². The second-order valence-electron chi connectivity index (χ2n) is 7.44. The van der Waals surface area contributed by atoms with Gasteiger partial charge in [0, 0.05) is 31.4 Å². The Labute approximate surface area is 138 Å². The van der Waals surface area contributed by atoms with Crippen LogP contribution >= 0.6 is 0 Å². The molecule has 2 aliphatic heterocycles. The summed E-state index contributed by atoms with van der Waals surface area (Å²) < 4.78 is 5.59. The summed E-state index contributed by atoms with van der Waals surface area (Å²) >= 11 is 0. The number of carbonyl (C=O) groups is 1. The summed E-state index contributed by atoms with van der Waals surface area (Å²) in [7, 11) is 0. The van der Waals surface area contributed by atoms with Gasteiger partial charge in [0.05, 0.1) is 6.04 Å². The van der Waals surface area contributed by atoms with E-state index in [0.29, 0.717) is 0 Å². The van der Waals surface area contributed by atoms with Gasteiger partial charge in [-0.05, 0) is 52.5 Å². The quantitative estimate of drug-likeness (QED) is 0.833. The van der Waals surface area contributed by atoms with Crippen LogP contribution in [0.15, 0.2) is 18.3 Å². The number of likely N-dealkylation sites (tertiary alicyclic amines) is 1. The molecule has 1 aromatic heterocycles. The number of pyridine rings is 1. The van der Waals surface area contributed by atoms with Gasteiger partial charge in [-0.1, -0.05) is 6.07 Å². The lowest BCUT2D eigenvalue weighted by Gasteiger charge is -2.30. The Morgan fingerprint density at radius 2 is 1.96 bits per heavy atom. The fourth-order valence-corrected chi connectivity index (χ4v) is 3.49. The normalized spacial score (nSPS) is 21.8. The maximum absolute atomic E-state index is 12.5. The largest absolute Gasteiger partial charge is 0.444 e. The molecule has 0 aromatic carbocycles. The number of aromatic nitrogens is 1. The van der Waals surface area contributed by atoms with E-state index in [1.807, 2.05) is 37.9 Å².